The van der Waals surface area contributed by atoms with Gasteiger partial charge in [0.1, 0.15) is 10.7 Å². The first-order valence-electron chi connectivity index (χ1n) is 9.83. The second-order valence-corrected chi connectivity index (χ2v) is 9.80. The Morgan fingerprint density at radius 1 is 1.06 bits per heavy atom. The lowest BCUT2D eigenvalue weighted by molar-refractivity contribution is -0.111. The molecule has 4 rings (SSSR count). The van der Waals surface area contributed by atoms with Crippen LogP contribution < -0.4 is 20.1 Å². The molecule has 0 saturated carbocycles. The summed E-state index contributed by atoms with van der Waals surface area (Å²) in [5.74, 6) is -0.688. The zero-order chi connectivity index (χ0) is 24.2. The Morgan fingerprint density at radius 3 is 2.50 bits per heavy atom. The van der Waals surface area contributed by atoms with Crippen LogP contribution in [0.4, 0.5) is 5.69 Å². The highest BCUT2D eigenvalue weighted by atomic mass is 79.9. The third kappa shape index (κ3) is 5.16. The van der Waals surface area contributed by atoms with E-state index in [-0.39, 0.29) is 20.8 Å². The molecule has 1 N–H and O–H groups in total. The standard InChI is InChI=1S/C25H14BrCl2N3O2S/c26-16-6-4-5-15(11-16)12-22-24(33)31(18-7-2-1-3-8-18)25(34-22)19(14-29)23(32)30-21-10-9-17(27)13-20(21)28/h1-13H,(H,30,32)/b22-12+,25-19-. The zero-order valence-electron chi connectivity index (χ0n) is 17.3. The number of nitrogens with zero attached hydrogens (tertiary/aromatic N) is 2. The number of carbonyl (C=O) groups excluding carboxylic acids is 1. The first-order chi connectivity index (χ1) is 16.4. The molecule has 9 heteroatoms. The van der Waals surface area contributed by atoms with Gasteiger partial charge in [-0.15, -0.1) is 11.3 Å². The normalized spacial score (nSPS) is 12.2. The van der Waals surface area contributed by atoms with Crippen molar-refractivity contribution in [1.29, 1.82) is 5.26 Å². The predicted octanol–water partition coefficient (Wildman–Crippen LogP) is 5.11. The van der Waals surface area contributed by atoms with Crippen molar-refractivity contribution in [2.75, 3.05) is 5.32 Å². The van der Waals surface area contributed by atoms with Crippen LogP contribution in [0.15, 0.2) is 82.1 Å². The molecule has 0 radical (unpaired) electrons. The van der Waals surface area contributed by atoms with E-state index in [4.69, 9.17) is 23.2 Å². The fourth-order valence-electron chi connectivity index (χ4n) is 3.18. The average molecular weight is 571 g/mol. The first-order valence-corrected chi connectivity index (χ1v) is 12.2. The lowest BCUT2D eigenvalue weighted by atomic mass is 10.2. The molecule has 0 spiro atoms. The van der Waals surface area contributed by atoms with Crippen molar-refractivity contribution in [2.45, 2.75) is 0 Å². The molecule has 1 amide bonds. The molecule has 5 nitrogen and oxygen atoms in total. The quantitative estimate of drug-likeness (QED) is 0.370. The maximum Gasteiger partial charge on any atom is 0.273 e. The van der Waals surface area contributed by atoms with Crippen molar-refractivity contribution in [2.24, 2.45) is 0 Å². The number of carbonyl (C=O) groups is 1. The summed E-state index contributed by atoms with van der Waals surface area (Å²) < 4.78 is 2.82. The minimum Gasteiger partial charge on any atom is -0.320 e. The molecule has 0 aliphatic carbocycles. The minimum absolute atomic E-state index is 0.211. The molecule has 0 aliphatic rings. The number of para-hydroxylation sites is 1. The van der Waals surface area contributed by atoms with E-state index in [0.717, 1.165) is 21.4 Å². The van der Waals surface area contributed by atoms with Crippen LogP contribution in [0.3, 0.4) is 0 Å². The van der Waals surface area contributed by atoms with Crippen LogP contribution in [-0.2, 0) is 4.79 Å². The molecule has 0 fully saturated rings. The molecule has 168 valence electrons. The summed E-state index contributed by atoms with van der Waals surface area (Å²) in [6.07, 6.45) is 1.73. The van der Waals surface area contributed by atoms with E-state index >= 15 is 0 Å². The number of rotatable bonds is 4. The third-order valence-corrected chi connectivity index (χ3v) is 6.85. The van der Waals surface area contributed by atoms with E-state index < -0.39 is 5.91 Å². The minimum atomic E-state index is -0.688. The second-order valence-electron chi connectivity index (χ2n) is 7.01. The van der Waals surface area contributed by atoms with Gasteiger partial charge in [0.25, 0.3) is 11.5 Å². The SMILES string of the molecule is N#C/C(C(=O)Nc1ccc(Cl)cc1Cl)=c1/s/c(=C/c2cccc(Br)c2)c(=O)n1-c1ccccc1. The van der Waals surface area contributed by atoms with Crippen molar-refractivity contribution >= 4 is 73.7 Å². The van der Waals surface area contributed by atoms with Gasteiger partial charge in [0.2, 0.25) is 0 Å². The number of benzene rings is 3. The first kappa shape index (κ1) is 24.0. The highest BCUT2D eigenvalue weighted by molar-refractivity contribution is 9.10. The number of anilines is 1. The highest BCUT2D eigenvalue weighted by Crippen LogP contribution is 2.25. The molecule has 34 heavy (non-hydrogen) atoms. The number of hydrogen-bond donors (Lipinski definition) is 1. The van der Waals surface area contributed by atoms with Gasteiger partial charge in [0.15, 0.2) is 5.57 Å². The molecule has 1 heterocycles. The van der Waals surface area contributed by atoms with Crippen molar-refractivity contribution in [3.05, 3.63) is 112 Å². The number of amides is 1. The average Bonchev–Trinajstić information content (AvgIpc) is 3.12. The van der Waals surface area contributed by atoms with Crippen LogP contribution >= 0.6 is 50.5 Å². The lowest BCUT2D eigenvalue weighted by Crippen LogP contribution is -2.32. The van der Waals surface area contributed by atoms with Gasteiger partial charge in [-0.25, -0.2) is 0 Å². The van der Waals surface area contributed by atoms with Gasteiger partial charge in [-0.3, -0.25) is 14.2 Å². The van der Waals surface area contributed by atoms with Crippen molar-refractivity contribution < 1.29 is 4.79 Å². The summed E-state index contributed by atoms with van der Waals surface area (Å²) in [6.45, 7) is 0. The fourth-order valence-corrected chi connectivity index (χ4v) is 5.16. The van der Waals surface area contributed by atoms with E-state index in [1.807, 2.05) is 36.4 Å². The summed E-state index contributed by atoms with van der Waals surface area (Å²) in [4.78, 5) is 26.5. The Labute approximate surface area is 216 Å². The number of nitrogens with one attached hydrogen (secondary N) is 1. The van der Waals surface area contributed by atoms with E-state index in [2.05, 4.69) is 21.2 Å². The molecule has 1 aromatic heterocycles. The Balaban J connectivity index is 1.95. The summed E-state index contributed by atoms with van der Waals surface area (Å²) in [7, 11) is 0. The van der Waals surface area contributed by atoms with Gasteiger partial charge >= 0.3 is 0 Å². The molecule has 0 unspecified atom stereocenters. The summed E-state index contributed by atoms with van der Waals surface area (Å²) in [5.41, 5.74) is 1.09. The van der Waals surface area contributed by atoms with Gasteiger partial charge < -0.3 is 5.32 Å². The molecular formula is C25H14BrCl2N3O2S. The number of nitriles is 1. The Morgan fingerprint density at radius 2 is 1.82 bits per heavy atom. The third-order valence-electron chi connectivity index (χ3n) is 4.72. The van der Waals surface area contributed by atoms with E-state index in [0.29, 0.717) is 20.9 Å². The van der Waals surface area contributed by atoms with Gasteiger partial charge in [0.05, 0.1) is 20.9 Å². The van der Waals surface area contributed by atoms with Crippen LogP contribution in [-0.4, -0.2) is 10.5 Å². The van der Waals surface area contributed by atoms with Crippen LogP contribution in [0.5, 0.6) is 0 Å². The maximum atomic E-state index is 13.4. The van der Waals surface area contributed by atoms with E-state index in [9.17, 15) is 14.9 Å². The molecule has 0 saturated heterocycles. The van der Waals surface area contributed by atoms with E-state index in [1.165, 1.54) is 10.6 Å². The summed E-state index contributed by atoms with van der Waals surface area (Å²) in [5, 5.41) is 13.2. The number of aromatic nitrogens is 1. The lowest BCUT2D eigenvalue weighted by Gasteiger charge is -2.07. The summed E-state index contributed by atoms with van der Waals surface area (Å²) >= 11 is 16.6. The monoisotopic (exact) mass is 569 g/mol. The maximum absolute atomic E-state index is 13.4. The number of thiazole rings is 1. The molecule has 0 aliphatic heterocycles. The Kier molecular flexibility index (Phi) is 7.35. The topological polar surface area (TPSA) is 74.9 Å². The number of halogens is 3. The predicted molar refractivity (Wildman–Crippen MR) is 141 cm³/mol. The second kappa shape index (κ2) is 10.4. The largest absolute Gasteiger partial charge is 0.320 e. The fraction of sp³-hybridized carbons (Fsp3) is 0. The Bertz CT molecular complexity index is 1620. The van der Waals surface area contributed by atoms with Crippen LogP contribution in [0.1, 0.15) is 5.56 Å². The van der Waals surface area contributed by atoms with Crippen LogP contribution in [0, 0.1) is 11.3 Å². The van der Waals surface area contributed by atoms with Crippen molar-refractivity contribution in [3.63, 3.8) is 0 Å². The molecule has 3 aromatic carbocycles. The van der Waals surface area contributed by atoms with Gasteiger partial charge in [-0.1, -0.05) is 69.5 Å². The van der Waals surface area contributed by atoms with Crippen molar-refractivity contribution in [1.82, 2.24) is 4.57 Å². The van der Waals surface area contributed by atoms with Crippen LogP contribution in [0.2, 0.25) is 10.0 Å². The molecule has 4 aromatic rings. The molecule has 0 bridgehead atoms. The molecule has 0 atom stereocenters. The van der Waals surface area contributed by atoms with Gasteiger partial charge in [-0.2, -0.15) is 5.26 Å². The van der Waals surface area contributed by atoms with Crippen LogP contribution in [0.25, 0.3) is 17.3 Å². The zero-order valence-corrected chi connectivity index (χ0v) is 21.2. The van der Waals surface area contributed by atoms with Gasteiger partial charge in [-0.05, 0) is 54.1 Å². The van der Waals surface area contributed by atoms with Crippen molar-refractivity contribution in [3.8, 4) is 11.8 Å². The molecular weight excluding hydrogens is 557 g/mol. The smallest absolute Gasteiger partial charge is 0.273 e. The Hall–Kier alpha value is -3.15. The summed E-state index contributed by atoms with van der Waals surface area (Å²) in [6, 6.07) is 22.9. The van der Waals surface area contributed by atoms with Gasteiger partial charge in [0, 0.05) is 9.50 Å². The highest BCUT2D eigenvalue weighted by Gasteiger charge is 2.18. The number of hydrogen-bond acceptors (Lipinski definition) is 4. The van der Waals surface area contributed by atoms with E-state index in [1.54, 1.807) is 42.5 Å².